The van der Waals surface area contributed by atoms with E-state index in [-0.39, 0.29) is 37.5 Å². The summed E-state index contributed by atoms with van der Waals surface area (Å²) in [6.45, 7) is 6.51. The number of hydrogen-bond acceptors (Lipinski definition) is 6. The van der Waals surface area contributed by atoms with E-state index in [2.05, 4.69) is 75.5 Å². The lowest BCUT2D eigenvalue weighted by molar-refractivity contribution is -0.166. The van der Waals surface area contributed by atoms with E-state index in [0.717, 1.165) is 83.5 Å². The Bertz CT molecular complexity index is 1100. The first-order valence-electron chi connectivity index (χ1n) is 25.3. The number of allylic oxidation sites excluding steroid dienone is 10. The Morgan fingerprint density at radius 1 is 0.350 bits per heavy atom. The van der Waals surface area contributed by atoms with Crippen molar-refractivity contribution in [2.75, 3.05) is 13.2 Å². The molecule has 0 aliphatic heterocycles. The molecule has 0 heterocycles. The number of hydrogen-bond donors (Lipinski definition) is 0. The number of ether oxygens (including phenoxy) is 3. The molecule has 0 spiro atoms. The van der Waals surface area contributed by atoms with Crippen molar-refractivity contribution >= 4 is 17.9 Å². The first-order valence-corrected chi connectivity index (χ1v) is 25.3. The van der Waals surface area contributed by atoms with Gasteiger partial charge in [-0.15, -0.1) is 0 Å². The van der Waals surface area contributed by atoms with Gasteiger partial charge in [0.2, 0.25) is 0 Å². The van der Waals surface area contributed by atoms with Crippen LogP contribution in [0, 0.1) is 0 Å². The van der Waals surface area contributed by atoms with Crippen LogP contribution in [0.1, 0.15) is 245 Å². The SMILES string of the molecule is CCCC/C=C\CCCCCCCC(=O)OCC(COC(=O)CCCCCCC/C=C\C=C/CCCCCCCCC)OC(=O)CC/C=C\C/C=C\CCCCCCCC. The molecule has 60 heavy (non-hydrogen) atoms. The summed E-state index contributed by atoms with van der Waals surface area (Å²) in [5.41, 5.74) is 0. The van der Waals surface area contributed by atoms with Gasteiger partial charge in [0.15, 0.2) is 6.10 Å². The Hall–Kier alpha value is -2.89. The van der Waals surface area contributed by atoms with Gasteiger partial charge in [0.25, 0.3) is 0 Å². The molecule has 0 amide bonds. The molecule has 0 aliphatic rings. The average Bonchev–Trinajstić information content (AvgIpc) is 3.24. The highest BCUT2D eigenvalue weighted by molar-refractivity contribution is 5.71. The molecule has 0 aliphatic carbocycles. The van der Waals surface area contributed by atoms with E-state index in [1.165, 1.54) is 116 Å². The summed E-state index contributed by atoms with van der Waals surface area (Å²) in [4.78, 5) is 37.8. The molecule has 6 heteroatoms. The normalized spacial score (nSPS) is 12.5. The summed E-state index contributed by atoms with van der Waals surface area (Å²) in [6, 6.07) is 0. The zero-order valence-corrected chi connectivity index (χ0v) is 39.5. The number of carbonyl (C=O) groups is 3. The second-order valence-electron chi connectivity index (χ2n) is 16.7. The zero-order chi connectivity index (χ0) is 43.7. The molecule has 0 bridgehead atoms. The highest BCUT2D eigenvalue weighted by Gasteiger charge is 2.19. The largest absolute Gasteiger partial charge is 0.462 e. The zero-order valence-electron chi connectivity index (χ0n) is 39.5. The summed E-state index contributed by atoms with van der Waals surface area (Å²) in [5, 5.41) is 0. The third-order valence-electron chi connectivity index (χ3n) is 10.8. The minimum atomic E-state index is -0.812. The molecule has 0 aromatic heterocycles. The van der Waals surface area contributed by atoms with E-state index in [1.807, 2.05) is 6.08 Å². The molecule has 1 unspecified atom stereocenters. The van der Waals surface area contributed by atoms with Gasteiger partial charge in [0, 0.05) is 19.3 Å². The Morgan fingerprint density at radius 2 is 0.700 bits per heavy atom. The summed E-state index contributed by atoms with van der Waals surface area (Å²) in [7, 11) is 0. The first-order chi connectivity index (χ1) is 29.5. The van der Waals surface area contributed by atoms with Gasteiger partial charge in [-0.2, -0.15) is 0 Å². The van der Waals surface area contributed by atoms with Gasteiger partial charge in [0.1, 0.15) is 13.2 Å². The van der Waals surface area contributed by atoms with Crippen molar-refractivity contribution in [1.82, 2.24) is 0 Å². The lowest BCUT2D eigenvalue weighted by Crippen LogP contribution is -2.30. The second-order valence-corrected chi connectivity index (χ2v) is 16.7. The van der Waals surface area contributed by atoms with E-state index in [1.54, 1.807) is 0 Å². The molecular formula is C54H94O6. The molecule has 0 aromatic carbocycles. The van der Waals surface area contributed by atoms with Crippen LogP contribution in [0.2, 0.25) is 0 Å². The van der Waals surface area contributed by atoms with Gasteiger partial charge in [0.05, 0.1) is 0 Å². The van der Waals surface area contributed by atoms with Crippen molar-refractivity contribution in [2.45, 2.75) is 252 Å². The van der Waals surface area contributed by atoms with Gasteiger partial charge in [-0.05, 0) is 83.5 Å². The number of unbranched alkanes of at least 4 members (excludes halogenated alkanes) is 25. The van der Waals surface area contributed by atoms with Gasteiger partial charge in [-0.3, -0.25) is 14.4 Å². The van der Waals surface area contributed by atoms with Crippen LogP contribution in [-0.4, -0.2) is 37.2 Å². The van der Waals surface area contributed by atoms with Crippen LogP contribution in [0.5, 0.6) is 0 Å². The van der Waals surface area contributed by atoms with E-state index >= 15 is 0 Å². The summed E-state index contributed by atoms with van der Waals surface area (Å²) >= 11 is 0. The molecule has 6 nitrogen and oxygen atoms in total. The molecule has 0 radical (unpaired) electrons. The summed E-state index contributed by atoms with van der Waals surface area (Å²) in [6.07, 6.45) is 59.3. The fraction of sp³-hybridized carbons (Fsp3) is 0.759. The third-order valence-corrected chi connectivity index (χ3v) is 10.8. The fourth-order valence-corrected chi connectivity index (χ4v) is 6.88. The summed E-state index contributed by atoms with van der Waals surface area (Å²) in [5.74, 6) is -0.998. The quantitative estimate of drug-likeness (QED) is 0.0200. The molecule has 0 saturated carbocycles. The van der Waals surface area contributed by atoms with Crippen LogP contribution < -0.4 is 0 Å². The van der Waals surface area contributed by atoms with Crippen LogP contribution >= 0.6 is 0 Å². The summed E-state index contributed by atoms with van der Waals surface area (Å²) < 4.78 is 16.7. The molecule has 0 fully saturated rings. The van der Waals surface area contributed by atoms with Crippen molar-refractivity contribution in [2.24, 2.45) is 0 Å². The minimum absolute atomic E-state index is 0.106. The Kier molecular flexibility index (Phi) is 46.4. The van der Waals surface area contributed by atoms with Crippen LogP contribution in [-0.2, 0) is 28.6 Å². The molecule has 1 atom stereocenters. The lowest BCUT2D eigenvalue weighted by Gasteiger charge is -2.18. The second kappa shape index (κ2) is 48.8. The molecule has 0 aromatic rings. The van der Waals surface area contributed by atoms with E-state index in [4.69, 9.17) is 14.2 Å². The third kappa shape index (κ3) is 46.2. The lowest BCUT2D eigenvalue weighted by atomic mass is 10.1. The maximum absolute atomic E-state index is 12.7. The van der Waals surface area contributed by atoms with Crippen molar-refractivity contribution in [3.8, 4) is 0 Å². The number of carbonyl (C=O) groups excluding carboxylic acids is 3. The smallest absolute Gasteiger partial charge is 0.306 e. The molecular weight excluding hydrogens is 745 g/mol. The van der Waals surface area contributed by atoms with Crippen molar-refractivity contribution in [3.05, 3.63) is 60.8 Å². The topological polar surface area (TPSA) is 78.9 Å². The monoisotopic (exact) mass is 839 g/mol. The predicted molar refractivity (Wildman–Crippen MR) is 256 cm³/mol. The highest BCUT2D eigenvalue weighted by atomic mass is 16.6. The maximum atomic E-state index is 12.7. The van der Waals surface area contributed by atoms with Crippen LogP contribution in [0.25, 0.3) is 0 Å². The first kappa shape index (κ1) is 57.1. The highest BCUT2D eigenvalue weighted by Crippen LogP contribution is 2.13. The van der Waals surface area contributed by atoms with Gasteiger partial charge in [-0.1, -0.05) is 204 Å². The average molecular weight is 839 g/mol. The number of esters is 3. The van der Waals surface area contributed by atoms with Crippen molar-refractivity contribution < 1.29 is 28.6 Å². The van der Waals surface area contributed by atoms with Gasteiger partial charge < -0.3 is 14.2 Å². The van der Waals surface area contributed by atoms with Crippen LogP contribution in [0.3, 0.4) is 0 Å². The molecule has 0 rings (SSSR count). The van der Waals surface area contributed by atoms with Gasteiger partial charge in [-0.25, -0.2) is 0 Å². The standard InChI is InChI=1S/C54H94O6/c1-4-7-10-13-16-19-22-24-25-26-27-28-30-32-35-38-41-44-47-53(56)59-50-51(49-58-52(55)46-43-40-37-34-31-21-18-15-12-9-6-3)60-54(57)48-45-42-39-36-33-29-23-20-17-14-11-8-5-2/h15,18,25-29,33,39,42,51H,4-14,16-17,19-24,30-32,34-38,40-41,43-50H2,1-3H3/b18-15-,26-25-,28-27-,33-29-,42-39-. The van der Waals surface area contributed by atoms with Crippen molar-refractivity contribution in [1.29, 1.82) is 0 Å². The van der Waals surface area contributed by atoms with E-state index in [0.29, 0.717) is 19.3 Å². The molecule has 346 valence electrons. The van der Waals surface area contributed by atoms with Crippen molar-refractivity contribution in [3.63, 3.8) is 0 Å². The fourth-order valence-electron chi connectivity index (χ4n) is 6.88. The Morgan fingerprint density at radius 3 is 1.15 bits per heavy atom. The molecule has 0 N–H and O–H groups in total. The van der Waals surface area contributed by atoms with E-state index < -0.39 is 6.10 Å². The Balaban J connectivity index is 4.44. The van der Waals surface area contributed by atoms with E-state index in [9.17, 15) is 14.4 Å². The predicted octanol–water partition coefficient (Wildman–Crippen LogP) is 16.5. The van der Waals surface area contributed by atoms with Crippen LogP contribution in [0.4, 0.5) is 0 Å². The van der Waals surface area contributed by atoms with Crippen LogP contribution in [0.15, 0.2) is 60.8 Å². The minimum Gasteiger partial charge on any atom is -0.462 e. The molecule has 0 saturated heterocycles. The number of rotatable bonds is 45. The van der Waals surface area contributed by atoms with Gasteiger partial charge >= 0.3 is 17.9 Å². The Labute approximate surface area is 370 Å². The maximum Gasteiger partial charge on any atom is 0.306 e.